The molecule has 0 aromatic rings. The van der Waals surface area contributed by atoms with Crippen LogP contribution in [-0.2, 0) is 9.47 Å². The van der Waals surface area contributed by atoms with E-state index in [-0.39, 0.29) is 0 Å². The summed E-state index contributed by atoms with van der Waals surface area (Å²) in [6.07, 6.45) is 6.26. The Morgan fingerprint density at radius 1 is 1.07 bits per heavy atom. The topological polar surface area (TPSA) is 30.5 Å². The highest BCUT2D eigenvalue weighted by atomic mass is 16.5. The van der Waals surface area contributed by atoms with Crippen molar-refractivity contribution in [2.75, 3.05) is 33.0 Å². The first kappa shape index (κ1) is 12.9. The first-order chi connectivity index (χ1) is 7.43. The average molecular weight is 215 g/mol. The molecule has 1 saturated heterocycles. The van der Waals surface area contributed by atoms with Crippen molar-refractivity contribution in [3.63, 3.8) is 0 Å². The Morgan fingerprint density at radius 2 is 1.87 bits per heavy atom. The highest BCUT2D eigenvalue weighted by molar-refractivity contribution is 4.71. The van der Waals surface area contributed by atoms with Gasteiger partial charge in [-0.15, -0.1) is 0 Å². The normalized spacial score (nSPS) is 21.8. The van der Waals surface area contributed by atoms with E-state index in [1.54, 1.807) is 0 Å². The fourth-order valence-corrected chi connectivity index (χ4v) is 1.86. The van der Waals surface area contributed by atoms with Crippen molar-refractivity contribution in [1.29, 1.82) is 0 Å². The van der Waals surface area contributed by atoms with Crippen LogP contribution in [0, 0.1) is 0 Å². The second kappa shape index (κ2) is 9.13. The first-order valence-corrected chi connectivity index (χ1v) is 6.32. The summed E-state index contributed by atoms with van der Waals surface area (Å²) >= 11 is 0. The summed E-state index contributed by atoms with van der Waals surface area (Å²) < 4.78 is 10.9. The molecule has 0 bridgehead atoms. The lowest BCUT2D eigenvalue weighted by molar-refractivity contribution is 0.0438. The second-order valence-corrected chi connectivity index (χ2v) is 4.16. The van der Waals surface area contributed by atoms with E-state index in [1.165, 1.54) is 25.8 Å². The molecule has 0 aromatic carbocycles. The van der Waals surface area contributed by atoms with Crippen LogP contribution in [-0.4, -0.2) is 39.0 Å². The zero-order valence-electron chi connectivity index (χ0n) is 9.96. The van der Waals surface area contributed by atoms with Crippen molar-refractivity contribution < 1.29 is 9.47 Å². The molecule has 0 unspecified atom stereocenters. The van der Waals surface area contributed by atoms with Gasteiger partial charge in [0.15, 0.2) is 0 Å². The van der Waals surface area contributed by atoms with Crippen LogP contribution >= 0.6 is 0 Å². The SMILES string of the molecule is CCCOCCOCC[C@@H]1CCCCN1. The van der Waals surface area contributed by atoms with Gasteiger partial charge in [-0.05, 0) is 32.2 Å². The largest absolute Gasteiger partial charge is 0.379 e. The monoisotopic (exact) mass is 215 g/mol. The van der Waals surface area contributed by atoms with Gasteiger partial charge in [0.25, 0.3) is 0 Å². The molecule has 0 saturated carbocycles. The Balaban J connectivity index is 1.79. The predicted molar refractivity (Wildman–Crippen MR) is 62.2 cm³/mol. The highest BCUT2D eigenvalue weighted by Gasteiger charge is 2.11. The summed E-state index contributed by atoms with van der Waals surface area (Å²) in [5.41, 5.74) is 0. The standard InChI is InChI=1S/C12H25NO2/c1-2-8-14-10-11-15-9-6-12-5-3-4-7-13-12/h12-13H,2-11H2,1H3/t12-/m0/s1. The van der Waals surface area contributed by atoms with Crippen LogP contribution in [0.15, 0.2) is 0 Å². The van der Waals surface area contributed by atoms with E-state index in [0.717, 1.165) is 39.3 Å². The van der Waals surface area contributed by atoms with Crippen LogP contribution in [0.5, 0.6) is 0 Å². The highest BCUT2D eigenvalue weighted by Crippen LogP contribution is 2.09. The van der Waals surface area contributed by atoms with Gasteiger partial charge in [-0.1, -0.05) is 13.3 Å². The summed E-state index contributed by atoms with van der Waals surface area (Å²) in [6, 6.07) is 0.690. The van der Waals surface area contributed by atoms with Gasteiger partial charge in [-0.3, -0.25) is 0 Å². The predicted octanol–water partition coefficient (Wildman–Crippen LogP) is 1.96. The lowest BCUT2D eigenvalue weighted by atomic mass is 10.0. The third-order valence-electron chi connectivity index (χ3n) is 2.74. The molecule has 0 aromatic heterocycles. The molecule has 0 amide bonds. The molecular weight excluding hydrogens is 190 g/mol. The number of hydrogen-bond acceptors (Lipinski definition) is 3. The third-order valence-corrected chi connectivity index (χ3v) is 2.74. The molecule has 1 heterocycles. The molecule has 0 spiro atoms. The molecule has 1 atom stereocenters. The fraction of sp³-hybridized carbons (Fsp3) is 1.00. The van der Waals surface area contributed by atoms with E-state index >= 15 is 0 Å². The minimum atomic E-state index is 0.690. The van der Waals surface area contributed by atoms with E-state index in [9.17, 15) is 0 Å². The number of nitrogens with one attached hydrogen (secondary N) is 1. The van der Waals surface area contributed by atoms with Crippen molar-refractivity contribution in [1.82, 2.24) is 5.32 Å². The Labute approximate surface area is 93.5 Å². The van der Waals surface area contributed by atoms with Gasteiger partial charge in [0.2, 0.25) is 0 Å². The summed E-state index contributed by atoms with van der Waals surface area (Å²) in [6.45, 7) is 6.51. The summed E-state index contributed by atoms with van der Waals surface area (Å²) in [4.78, 5) is 0. The zero-order chi connectivity index (χ0) is 10.8. The van der Waals surface area contributed by atoms with Crippen LogP contribution in [0.3, 0.4) is 0 Å². The van der Waals surface area contributed by atoms with Gasteiger partial charge in [-0.25, -0.2) is 0 Å². The molecule has 1 fully saturated rings. The van der Waals surface area contributed by atoms with Gasteiger partial charge in [0.05, 0.1) is 13.2 Å². The third kappa shape index (κ3) is 6.88. The molecule has 0 radical (unpaired) electrons. The smallest absolute Gasteiger partial charge is 0.0700 e. The van der Waals surface area contributed by atoms with Crippen LogP contribution in [0.1, 0.15) is 39.0 Å². The maximum absolute atomic E-state index is 5.52. The quantitative estimate of drug-likeness (QED) is 0.628. The maximum atomic E-state index is 5.52. The minimum Gasteiger partial charge on any atom is -0.379 e. The number of hydrogen-bond donors (Lipinski definition) is 1. The van der Waals surface area contributed by atoms with Crippen LogP contribution in [0.4, 0.5) is 0 Å². The molecular formula is C12H25NO2. The molecule has 1 aliphatic rings. The first-order valence-electron chi connectivity index (χ1n) is 6.32. The van der Waals surface area contributed by atoms with Gasteiger partial charge in [0.1, 0.15) is 0 Å². The summed E-state index contributed by atoms with van der Waals surface area (Å²) in [7, 11) is 0. The fourth-order valence-electron chi connectivity index (χ4n) is 1.86. The Hall–Kier alpha value is -0.120. The van der Waals surface area contributed by atoms with Gasteiger partial charge in [-0.2, -0.15) is 0 Å². The Morgan fingerprint density at radius 3 is 2.53 bits per heavy atom. The maximum Gasteiger partial charge on any atom is 0.0700 e. The summed E-state index contributed by atoms with van der Waals surface area (Å²) in [5.74, 6) is 0. The van der Waals surface area contributed by atoms with Gasteiger partial charge >= 0.3 is 0 Å². The van der Waals surface area contributed by atoms with Crippen molar-refractivity contribution in [3.05, 3.63) is 0 Å². The van der Waals surface area contributed by atoms with E-state index in [0.29, 0.717) is 6.04 Å². The van der Waals surface area contributed by atoms with E-state index in [1.807, 2.05) is 0 Å². The lowest BCUT2D eigenvalue weighted by Crippen LogP contribution is -2.34. The molecule has 1 N–H and O–H groups in total. The van der Waals surface area contributed by atoms with Gasteiger partial charge in [0, 0.05) is 19.3 Å². The number of piperidine rings is 1. The Bertz CT molecular complexity index is 136. The summed E-state index contributed by atoms with van der Waals surface area (Å²) in [5, 5.41) is 3.52. The Kier molecular flexibility index (Phi) is 7.88. The molecule has 3 nitrogen and oxygen atoms in total. The van der Waals surface area contributed by atoms with Crippen LogP contribution < -0.4 is 5.32 Å². The van der Waals surface area contributed by atoms with Gasteiger partial charge < -0.3 is 14.8 Å². The zero-order valence-corrected chi connectivity index (χ0v) is 9.96. The van der Waals surface area contributed by atoms with Crippen molar-refractivity contribution >= 4 is 0 Å². The molecule has 90 valence electrons. The second-order valence-electron chi connectivity index (χ2n) is 4.16. The average Bonchev–Trinajstić information content (AvgIpc) is 2.29. The molecule has 3 heteroatoms. The van der Waals surface area contributed by atoms with Crippen molar-refractivity contribution in [2.45, 2.75) is 45.1 Å². The lowest BCUT2D eigenvalue weighted by Gasteiger charge is -2.23. The molecule has 15 heavy (non-hydrogen) atoms. The van der Waals surface area contributed by atoms with E-state index < -0.39 is 0 Å². The molecule has 0 aliphatic carbocycles. The molecule has 1 rings (SSSR count). The van der Waals surface area contributed by atoms with Crippen molar-refractivity contribution in [3.8, 4) is 0 Å². The molecule has 1 aliphatic heterocycles. The minimum absolute atomic E-state index is 0.690. The van der Waals surface area contributed by atoms with Crippen molar-refractivity contribution in [2.24, 2.45) is 0 Å². The number of ether oxygens (including phenoxy) is 2. The van der Waals surface area contributed by atoms with E-state index in [2.05, 4.69) is 12.2 Å². The van der Waals surface area contributed by atoms with E-state index in [4.69, 9.17) is 9.47 Å². The number of rotatable bonds is 8. The van der Waals surface area contributed by atoms with Crippen LogP contribution in [0.25, 0.3) is 0 Å². The van der Waals surface area contributed by atoms with Crippen LogP contribution in [0.2, 0.25) is 0 Å².